The molecule has 2 aromatic carbocycles. The summed E-state index contributed by atoms with van der Waals surface area (Å²) in [5.74, 6) is 0.600. The Labute approximate surface area is 207 Å². The number of aromatic nitrogens is 2. The average Bonchev–Trinajstić information content (AvgIpc) is 3.56. The third-order valence-corrected chi connectivity index (χ3v) is 6.75. The molecule has 2 heterocycles. The number of nitrogens with one attached hydrogen (secondary N) is 2. The quantitative estimate of drug-likeness (QED) is 0.503. The van der Waals surface area contributed by atoms with Crippen LogP contribution >= 0.6 is 0 Å². The number of urea groups is 1. The van der Waals surface area contributed by atoms with Gasteiger partial charge in [0, 0.05) is 31.1 Å². The molecule has 2 atom stereocenters. The van der Waals surface area contributed by atoms with Crippen molar-refractivity contribution in [3.8, 4) is 5.69 Å². The first-order valence-corrected chi connectivity index (χ1v) is 12.1. The van der Waals surface area contributed by atoms with Crippen LogP contribution in [0.2, 0.25) is 0 Å². The van der Waals surface area contributed by atoms with E-state index in [0.717, 1.165) is 41.8 Å². The molecule has 36 heavy (non-hydrogen) atoms. The third kappa shape index (κ3) is 5.55. The molecule has 2 amide bonds. The Morgan fingerprint density at radius 2 is 1.75 bits per heavy atom. The minimum atomic E-state index is -4.65. The third-order valence-electron chi connectivity index (χ3n) is 6.75. The molecule has 190 valence electrons. The van der Waals surface area contributed by atoms with Crippen molar-refractivity contribution < 1.29 is 22.7 Å². The molecular formula is C26H28F3N5O2. The van der Waals surface area contributed by atoms with Crippen LogP contribution in [0.5, 0.6) is 0 Å². The predicted octanol–water partition coefficient (Wildman–Crippen LogP) is 4.49. The minimum absolute atomic E-state index is 0.0624. The largest absolute Gasteiger partial charge is 0.522 e. The zero-order valence-electron chi connectivity index (χ0n) is 19.7. The molecule has 1 fully saturated rings. The lowest BCUT2D eigenvalue weighted by molar-refractivity contribution is -0.324. The Hall–Kier alpha value is -3.37. The number of hydrogen-bond acceptors (Lipinski definition) is 4. The molecule has 0 radical (unpaired) electrons. The number of carbonyl (C=O) groups excluding carboxylic acids is 1. The normalized spacial score (nSPS) is 19.9. The molecule has 0 spiro atoms. The molecule has 0 bridgehead atoms. The summed E-state index contributed by atoms with van der Waals surface area (Å²) in [5.41, 5.74) is 3.93. The highest BCUT2D eigenvalue weighted by atomic mass is 19.4. The Morgan fingerprint density at radius 3 is 2.47 bits per heavy atom. The van der Waals surface area contributed by atoms with Crippen LogP contribution in [0.1, 0.15) is 29.2 Å². The lowest BCUT2D eigenvalue weighted by atomic mass is 9.94. The number of hydrogen-bond donors (Lipinski definition) is 2. The standard InChI is InChI=1S/C26H28F3N5O2/c27-26(28,29)36-15-14-33-16-21(18-8-3-1-4-9-18)23(17-33)30-25(35)31-24-20-12-7-13-22(20)32-34(24)19-10-5-2-6-11-19/h1-6,8-11,21,23H,7,12-17H2,(H2,30,31,35)/t21-,23+/m0/s1. The first-order chi connectivity index (χ1) is 17.4. The first kappa shape index (κ1) is 24.3. The van der Waals surface area contributed by atoms with Crippen molar-refractivity contribution in [2.75, 3.05) is 31.6 Å². The SMILES string of the molecule is O=C(Nc1c2c(nn1-c1ccccc1)CCC2)N[C@@H]1CN(CCOC(F)(F)F)C[C@H]1c1ccccc1. The van der Waals surface area contributed by atoms with Gasteiger partial charge in [0.05, 0.1) is 24.0 Å². The van der Waals surface area contributed by atoms with Gasteiger partial charge in [-0.15, -0.1) is 13.2 Å². The van der Waals surface area contributed by atoms with E-state index in [-0.39, 0.29) is 24.5 Å². The summed E-state index contributed by atoms with van der Waals surface area (Å²) in [6.45, 7) is 0.612. The maximum atomic E-state index is 13.2. The highest BCUT2D eigenvalue weighted by Gasteiger charge is 2.36. The van der Waals surface area contributed by atoms with Crippen LogP contribution in [0.15, 0.2) is 60.7 Å². The molecule has 5 rings (SSSR count). The molecule has 2 N–H and O–H groups in total. The number of anilines is 1. The van der Waals surface area contributed by atoms with Gasteiger partial charge in [-0.3, -0.25) is 15.0 Å². The van der Waals surface area contributed by atoms with Crippen LogP contribution in [0.25, 0.3) is 5.69 Å². The van der Waals surface area contributed by atoms with Crippen LogP contribution in [0.3, 0.4) is 0 Å². The lowest BCUT2D eigenvalue weighted by Crippen LogP contribution is -2.42. The van der Waals surface area contributed by atoms with Gasteiger partial charge in [-0.25, -0.2) is 9.48 Å². The molecule has 10 heteroatoms. The Bertz CT molecular complexity index is 1180. The summed E-state index contributed by atoms with van der Waals surface area (Å²) in [5, 5.41) is 10.8. The molecule has 0 saturated carbocycles. The number of aryl methyl sites for hydroxylation is 1. The average molecular weight is 500 g/mol. The summed E-state index contributed by atoms with van der Waals surface area (Å²) in [6, 6.07) is 18.7. The van der Waals surface area contributed by atoms with E-state index in [0.29, 0.717) is 18.9 Å². The van der Waals surface area contributed by atoms with E-state index >= 15 is 0 Å². The number of halogens is 3. The zero-order chi connectivity index (χ0) is 25.1. The van der Waals surface area contributed by atoms with Crippen molar-refractivity contribution in [2.45, 2.75) is 37.6 Å². The topological polar surface area (TPSA) is 71.4 Å². The number of benzene rings is 2. The number of para-hydroxylation sites is 1. The second-order valence-corrected chi connectivity index (χ2v) is 9.15. The first-order valence-electron chi connectivity index (χ1n) is 12.1. The summed E-state index contributed by atoms with van der Waals surface area (Å²) in [6.07, 6.45) is -1.94. The van der Waals surface area contributed by atoms with Crippen molar-refractivity contribution in [1.29, 1.82) is 0 Å². The van der Waals surface area contributed by atoms with Crippen molar-refractivity contribution in [3.05, 3.63) is 77.5 Å². The van der Waals surface area contributed by atoms with Crippen molar-refractivity contribution in [3.63, 3.8) is 0 Å². The van der Waals surface area contributed by atoms with Crippen molar-refractivity contribution in [2.24, 2.45) is 0 Å². The van der Waals surface area contributed by atoms with Gasteiger partial charge in [0.2, 0.25) is 0 Å². The van der Waals surface area contributed by atoms with Gasteiger partial charge in [0.15, 0.2) is 0 Å². The maximum Gasteiger partial charge on any atom is 0.522 e. The van der Waals surface area contributed by atoms with Crippen molar-refractivity contribution >= 4 is 11.8 Å². The number of fused-ring (bicyclic) bond motifs is 1. The highest BCUT2D eigenvalue weighted by molar-refractivity contribution is 5.90. The van der Waals surface area contributed by atoms with Crippen LogP contribution in [-0.4, -0.2) is 59.4 Å². The minimum Gasteiger partial charge on any atom is -0.333 e. The van der Waals surface area contributed by atoms with E-state index in [9.17, 15) is 18.0 Å². The fraction of sp³-hybridized carbons (Fsp3) is 0.385. The molecule has 1 aliphatic heterocycles. The van der Waals surface area contributed by atoms with Gasteiger partial charge in [0.25, 0.3) is 0 Å². The number of amides is 2. The smallest absolute Gasteiger partial charge is 0.333 e. The van der Waals surface area contributed by atoms with Crippen LogP contribution in [0.4, 0.5) is 23.8 Å². The van der Waals surface area contributed by atoms with E-state index in [4.69, 9.17) is 5.10 Å². The molecule has 3 aromatic rings. The van der Waals surface area contributed by atoms with Gasteiger partial charge >= 0.3 is 12.4 Å². The Balaban J connectivity index is 1.31. The lowest BCUT2D eigenvalue weighted by Gasteiger charge is -2.21. The fourth-order valence-corrected chi connectivity index (χ4v) is 5.13. The van der Waals surface area contributed by atoms with E-state index in [1.807, 2.05) is 65.6 Å². The van der Waals surface area contributed by atoms with Crippen molar-refractivity contribution in [1.82, 2.24) is 20.0 Å². The molecule has 7 nitrogen and oxygen atoms in total. The molecule has 1 saturated heterocycles. The number of ether oxygens (including phenoxy) is 1. The number of likely N-dealkylation sites (tertiary alicyclic amines) is 1. The summed E-state index contributed by atoms with van der Waals surface area (Å²) < 4.78 is 43.0. The fourth-order valence-electron chi connectivity index (χ4n) is 5.13. The summed E-state index contributed by atoms with van der Waals surface area (Å²) >= 11 is 0. The van der Waals surface area contributed by atoms with Gasteiger partial charge < -0.3 is 5.32 Å². The monoisotopic (exact) mass is 499 g/mol. The Kier molecular flexibility index (Phi) is 6.97. The zero-order valence-corrected chi connectivity index (χ0v) is 19.7. The van der Waals surface area contributed by atoms with Gasteiger partial charge in [-0.1, -0.05) is 48.5 Å². The molecule has 2 aliphatic rings. The molecular weight excluding hydrogens is 471 g/mol. The van der Waals surface area contributed by atoms with Gasteiger partial charge in [0.1, 0.15) is 5.82 Å². The van der Waals surface area contributed by atoms with E-state index in [1.54, 1.807) is 4.68 Å². The number of carbonyl (C=O) groups is 1. The molecule has 0 unspecified atom stereocenters. The van der Waals surface area contributed by atoms with E-state index in [2.05, 4.69) is 15.4 Å². The second kappa shape index (κ2) is 10.3. The van der Waals surface area contributed by atoms with E-state index < -0.39 is 13.0 Å². The maximum absolute atomic E-state index is 13.2. The second-order valence-electron chi connectivity index (χ2n) is 9.15. The number of nitrogens with zero attached hydrogens (tertiary/aromatic N) is 3. The summed E-state index contributed by atoms with van der Waals surface area (Å²) in [4.78, 5) is 15.1. The van der Waals surface area contributed by atoms with Gasteiger partial charge in [-0.2, -0.15) is 5.10 Å². The molecule has 1 aromatic heterocycles. The number of alkyl halides is 3. The van der Waals surface area contributed by atoms with Crippen LogP contribution < -0.4 is 10.6 Å². The van der Waals surface area contributed by atoms with Crippen LogP contribution in [-0.2, 0) is 17.6 Å². The number of rotatable bonds is 7. The van der Waals surface area contributed by atoms with E-state index in [1.165, 1.54) is 0 Å². The summed E-state index contributed by atoms with van der Waals surface area (Å²) in [7, 11) is 0. The van der Waals surface area contributed by atoms with Gasteiger partial charge in [-0.05, 0) is 37.0 Å². The van der Waals surface area contributed by atoms with Crippen LogP contribution in [0, 0.1) is 0 Å². The highest BCUT2D eigenvalue weighted by Crippen LogP contribution is 2.32. The molecule has 1 aliphatic carbocycles. The predicted molar refractivity (Wildman–Crippen MR) is 129 cm³/mol. The Morgan fingerprint density at radius 1 is 1.03 bits per heavy atom.